The van der Waals surface area contributed by atoms with E-state index in [0.717, 1.165) is 11.3 Å². The van der Waals surface area contributed by atoms with Crippen LogP contribution in [0.5, 0.6) is 5.75 Å². The summed E-state index contributed by atoms with van der Waals surface area (Å²) in [5.41, 5.74) is 3.41. The van der Waals surface area contributed by atoms with Crippen molar-refractivity contribution in [3.05, 3.63) is 110 Å². The van der Waals surface area contributed by atoms with Gasteiger partial charge in [0.15, 0.2) is 5.78 Å². The first-order valence-electron chi connectivity index (χ1n) is 11.9. The van der Waals surface area contributed by atoms with Gasteiger partial charge in [-0.1, -0.05) is 48.0 Å². The number of hydrogen-bond donors (Lipinski definition) is 1. The van der Waals surface area contributed by atoms with Crippen LogP contribution >= 0.6 is 22.9 Å². The molecule has 1 N–H and O–H groups in total. The van der Waals surface area contributed by atoms with Crippen LogP contribution in [0.4, 0.5) is 0 Å². The van der Waals surface area contributed by atoms with Gasteiger partial charge in [-0.3, -0.25) is 4.79 Å². The van der Waals surface area contributed by atoms with Crippen LogP contribution in [-0.2, 0) is 14.3 Å². The number of ketones is 1. The molecule has 3 aromatic rings. The van der Waals surface area contributed by atoms with Crippen LogP contribution in [0, 0.1) is 0 Å². The minimum absolute atomic E-state index is 0.0392. The lowest BCUT2D eigenvalue weighted by molar-refractivity contribution is -0.140. The van der Waals surface area contributed by atoms with Crippen LogP contribution in [0.2, 0.25) is 5.02 Å². The van der Waals surface area contributed by atoms with Gasteiger partial charge >= 0.3 is 5.97 Å². The van der Waals surface area contributed by atoms with Crippen molar-refractivity contribution in [1.29, 1.82) is 0 Å². The Morgan fingerprint density at radius 3 is 2.64 bits per heavy atom. The first kappa shape index (κ1) is 24.3. The highest BCUT2D eigenvalue weighted by Crippen LogP contribution is 2.46. The summed E-state index contributed by atoms with van der Waals surface area (Å²) in [6.45, 7) is 2.18. The zero-order valence-corrected chi connectivity index (χ0v) is 21.4. The van der Waals surface area contributed by atoms with Crippen LogP contribution in [0.1, 0.15) is 42.0 Å². The van der Waals surface area contributed by atoms with E-state index in [9.17, 15) is 9.59 Å². The fourth-order valence-electron chi connectivity index (χ4n) is 4.94. The quantitative estimate of drug-likeness (QED) is 0.289. The number of dihydropyridines is 1. The summed E-state index contributed by atoms with van der Waals surface area (Å²) < 4.78 is 11.3. The fraction of sp³-hybridized carbons (Fsp3) is 0.241. The number of carbonyl (C=O) groups is 2. The molecule has 36 heavy (non-hydrogen) atoms. The lowest BCUT2D eigenvalue weighted by Gasteiger charge is -2.36. The zero-order chi connectivity index (χ0) is 25.1. The van der Waals surface area contributed by atoms with E-state index in [4.69, 9.17) is 21.1 Å². The number of esters is 1. The number of benzene rings is 2. The number of para-hydroxylation sites is 1. The maximum atomic E-state index is 13.6. The van der Waals surface area contributed by atoms with Crippen LogP contribution < -0.4 is 10.1 Å². The fourth-order valence-corrected chi connectivity index (χ4v) is 5.97. The van der Waals surface area contributed by atoms with Crippen molar-refractivity contribution in [3.8, 4) is 5.75 Å². The molecule has 2 aromatic carbocycles. The molecule has 184 valence electrons. The number of nitrogens with one attached hydrogen (secondary N) is 1. The van der Waals surface area contributed by atoms with Crippen molar-refractivity contribution >= 4 is 34.7 Å². The Hall–Kier alpha value is -3.35. The van der Waals surface area contributed by atoms with E-state index in [1.165, 1.54) is 4.88 Å². The molecule has 7 heteroatoms. The summed E-state index contributed by atoms with van der Waals surface area (Å²) >= 11 is 7.99. The van der Waals surface area contributed by atoms with E-state index in [-0.39, 0.29) is 24.9 Å². The number of hydrogen-bond acceptors (Lipinski definition) is 6. The van der Waals surface area contributed by atoms with E-state index >= 15 is 0 Å². The highest BCUT2D eigenvalue weighted by Gasteiger charge is 2.41. The average Bonchev–Trinajstić information content (AvgIpc) is 3.41. The summed E-state index contributed by atoms with van der Waals surface area (Å²) in [7, 11) is 0. The van der Waals surface area contributed by atoms with Crippen molar-refractivity contribution < 1.29 is 19.1 Å². The number of halogens is 1. The Kier molecular flexibility index (Phi) is 7.25. The van der Waals surface area contributed by atoms with Gasteiger partial charge in [-0.25, -0.2) is 4.79 Å². The number of carbonyl (C=O) groups excluding carboxylic acids is 2. The Morgan fingerprint density at radius 1 is 1.06 bits per heavy atom. The van der Waals surface area contributed by atoms with Crippen LogP contribution in [0.25, 0.3) is 0 Å². The smallest absolute Gasteiger partial charge is 0.336 e. The number of thiophene rings is 1. The van der Waals surface area contributed by atoms with Crippen molar-refractivity contribution in [2.45, 2.75) is 31.6 Å². The SMILES string of the molecule is CC1=C(C(=O)OCCOc2ccccc2)[C@@H](c2cccc(Cl)c2)C2=C(C[C@H](c3cccs3)CC2=O)N1. The monoisotopic (exact) mass is 519 g/mol. The first-order chi connectivity index (χ1) is 17.5. The van der Waals surface area contributed by atoms with E-state index in [0.29, 0.717) is 40.5 Å². The van der Waals surface area contributed by atoms with Crippen molar-refractivity contribution in [3.63, 3.8) is 0 Å². The predicted octanol–water partition coefficient (Wildman–Crippen LogP) is 6.39. The van der Waals surface area contributed by atoms with Gasteiger partial charge in [-0.2, -0.15) is 0 Å². The van der Waals surface area contributed by atoms with Crippen molar-refractivity contribution in [1.82, 2.24) is 5.32 Å². The molecule has 2 heterocycles. The molecule has 5 rings (SSSR count). The van der Waals surface area contributed by atoms with Gasteiger partial charge in [0, 0.05) is 45.1 Å². The molecular formula is C29H26ClNO4S. The molecule has 0 amide bonds. The Labute approximate surface area is 219 Å². The Morgan fingerprint density at radius 2 is 1.89 bits per heavy atom. The van der Waals surface area contributed by atoms with Crippen LogP contribution in [-0.4, -0.2) is 25.0 Å². The Balaban J connectivity index is 1.41. The summed E-state index contributed by atoms with van der Waals surface area (Å²) in [5.74, 6) is -0.138. The highest BCUT2D eigenvalue weighted by atomic mass is 35.5. The van der Waals surface area contributed by atoms with Gasteiger partial charge in [-0.15, -0.1) is 11.3 Å². The number of allylic oxidation sites excluding steroid dienone is 3. The van der Waals surface area contributed by atoms with E-state index < -0.39 is 11.9 Å². The molecule has 0 unspecified atom stereocenters. The second-order valence-electron chi connectivity index (χ2n) is 8.89. The van der Waals surface area contributed by atoms with Gasteiger partial charge in [0.25, 0.3) is 0 Å². The molecule has 2 aliphatic rings. The van der Waals surface area contributed by atoms with Gasteiger partial charge < -0.3 is 14.8 Å². The number of Topliss-reactive ketones (excluding diaryl/α,β-unsaturated/α-hetero) is 1. The minimum atomic E-state index is -0.542. The molecule has 1 aromatic heterocycles. The molecule has 0 fully saturated rings. The number of ether oxygens (including phenoxy) is 2. The van der Waals surface area contributed by atoms with Crippen LogP contribution in [0.15, 0.2) is 94.7 Å². The van der Waals surface area contributed by atoms with Gasteiger partial charge in [0.1, 0.15) is 19.0 Å². The molecule has 1 aliphatic carbocycles. The molecule has 0 saturated heterocycles. The molecule has 0 bridgehead atoms. The van der Waals surface area contributed by atoms with Crippen LogP contribution in [0.3, 0.4) is 0 Å². The number of rotatable bonds is 7. The van der Waals surface area contributed by atoms with Gasteiger partial charge in [-0.05, 0) is 54.6 Å². The molecule has 0 spiro atoms. The van der Waals surface area contributed by atoms with E-state index in [1.807, 2.05) is 66.9 Å². The zero-order valence-electron chi connectivity index (χ0n) is 19.8. The summed E-state index contributed by atoms with van der Waals surface area (Å²) in [6.07, 6.45) is 1.12. The third kappa shape index (κ3) is 5.11. The largest absolute Gasteiger partial charge is 0.490 e. The molecule has 2 atom stereocenters. The van der Waals surface area contributed by atoms with Gasteiger partial charge in [0.2, 0.25) is 0 Å². The standard InChI is InChI=1S/C29H26ClNO4S/c1-18-26(29(33)35-13-12-34-22-9-3-2-4-10-22)27(19-7-5-8-21(30)15-19)28-23(31-18)16-20(17-24(28)32)25-11-6-14-36-25/h2-11,14-15,20,27,31H,12-13,16-17H2,1H3/t20-,27+/m0/s1. The van der Waals surface area contributed by atoms with Gasteiger partial charge in [0.05, 0.1) is 5.57 Å². The first-order valence-corrected chi connectivity index (χ1v) is 13.1. The summed E-state index contributed by atoms with van der Waals surface area (Å²) in [5, 5.41) is 5.97. The second kappa shape index (κ2) is 10.7. The lowest BCUT2D eigenvalue weighted by Crippen LogP contribution is -2.36. The second-order valence-corrected chi connectivity index (χ2v) is 10.3. The van der Waals surface area contributed by atoms with Crippen molar-refractivity contribution in [2.24, 2.45) is 0 Å². The maximum absolute atomic E-state index is 13.6. The highest BCUT2D eigenvalue weighted by molar-refractivity contribution is 7.10. The minimum Gasteiger partial charge on any atom is -0.490 e. The topological polar surface area (TPSA) is 64.6 Å². The van der Waals surface area contributed by atoms with Crippen molar-refractivity contribution in [2.75, 3.05) is 13.2 Å². The average molecular weight is 520 g/mol. The summed E-state index contributed by atoms with van der Waals surface area (Å²) in [6, 6.07) is 20.8. The predicted molar refractivity (Wildman–Crippen MR) is 141 cm³/mol. The van der Waals surface area contributed by atoms with E-state index in [1.54, 1.807) is 17.4 Å². The summed E-state index contributed by atoms with van der Waals surface area (Å²) in [4.78, 5) is 28.1. The molecule has 5 nitrogen and oxygen atoms in total. The molecule has 0 radical (unpaired) electrons. The molecule has 0 saturated carbocycles. The third-order valence-electron chi connectivity index (χ3n) is 6.50. The molecule has 1 aliphatic heterocycles. The normalized spacial score (nSPS) is 19.6. The maximum Gasteiger partial charge on any atom is 0.336 e. The third-order valence-corrected chi connectivity index (χ3v) is 7.77. The lowest BCUT2D eigenvalue weighted by atomic mass is 9.72. The molecular weight excluding hydrogens is 494 g/mol. The van der Waals surface area contributed by atoms with E-state index in [2.05, 4.69) is 11.4 Å². The Bertz CT molecular complexity index is 1330.